The number of nitrogens with one attached hydrogen (secondary N) is 1. The van der Waals surface area contributed by atoms with Crippen molar-refractivity contribution in [3.8, 4) is 0 Å². The standard InChI is InChI=1S/C23H32N6O2/c1-3-24-23(28-12-13-31-21(17-28)19-15-26-27(2)16-19)25-14-18-7-9-20(10-8-18)29-11-5-4-6-22(29)30/h7-10,15-16,21H,3-6,11-14,17H2,1-2H3,(H,24,25). The van der Waals surface area contributed by atoms with Gasteiger partial charge in [-0.1, -0.05) is 12.1 Å². The Morgan fingerprint density at radius 1 is 1.26 bits per heavy atom. The summed E-state index contributed by atoms with van der Waals surface area (Å²) < 4.78 is 7.77. The van der Waals surface area contributed by atoms with Crippen molar-refractivity contribution >= 4 is 17.6 Å². The lowest BCUT2D eigenvalue weighted by molar-refractivity contribution is -0.119. The van der Waals surface area contributed by atoms with Crippen LogP contribution in [0.2, 0.25) is 0 Å². The largest absolute Gasteiger partial charge is 0.370 e. The molecule has 31 heavy (non-hydrogen) atoms. The number of carbonyl (C=O) groups is 1. The second-order valence-corrected chi connectivity index (χ2v) is 8.09. The number of morpholine rings is 1. The molecule has 0 aliphatic carbocycles. The van der Waals surface area contributed by atoms with E-state index in [1.807, 2.05) is 36.5 Å². The van der Waals surface area contributed by atoms with Gasteiger partial charge in [0.1, 0.15) is 6.10 Å². The monoisotopic (exact) mass is 424 g/mol. The first-order valence-electron chi connectivity index (χ1n) is 11.2. The third-order valence-electron chi connectivity index (χ3n) is 5.78. The number of amides is 1. The molecule has 2 saturated heterocycles. The Hall–Kier alpha value is -2.87. The molecule has 1 atom stereocenters. The number of anilines is 1. The summed E-state index contributed by atoms with van der Waals surface area (Å²) in [4.78, 5) is 21.2. The van der Waals surface area contributed by atoms with Crippen molar-refractivity contribution in [2.75, 3.05) is 37.7 Å². The number of hydrogen-bond donors (Lipinski definition) is 1. The van der Waals surface area contributed by atoms with E-state index in [1.54, 1.807) is 4.68 Å². The van der Waals surface area contributed by atoms with Gasteiger partial charge in [0.15, 0.2) is 5.96 Å². The van der Waals surface area contributed by atoms with Crippen LogP contribution < -0.4 is 10.2 Å². The van der Waals surface area contributed by atoms with Crippen molar-refractivity contribution in [1.82, 2.24) is 20.0 Å². The second kappa shape index (κ2) is 9.96. The molecule has 0 bridgehead atoms. The molecule has 1 N–H and O–H groups in total. The topological polar surface area (TPSA) is 75.0 Å². The number of hydrogen-bond acceptors (Lipinski definition) is 4. The van der Waals surface area contributed by atoms with Gasteiger partial charge >= 0.3 is 0 Å². The van der Waals surface area contributed by atoms with E-state index in [2.05, 4.69) is 34.4 Å². The number of carbonyl (C=O) groups excluding carboxylic acids is 1. The van der Waals surface area contributed by atoms with Crippen LogP contribution in [0, 0.1) is 0 Å². The van der Waals surface area contributed by atoms with Crippen molar-refractivity contribution in [1.29, 1.82) is 0 Å². The van der Waals surface area contributed by atoms with Crippen LogP contribution in [-0.4, -0.2) is 59.3 Å². The van der Waals surface area contributed by atoms with E-state index in [0.29, 0.717) is 19.6 Å². The number of aliphatic imine (C=N–C) groups is 1. The van der Waals surface area contributed by atoms with Crippen molar-refractivity contribution in [3.63, 3.8) is 0 Å². The van der Waals surface area contributed by atoms with E-state index in [9.17, 15) is 4.79 Å². The first-order chi connectivity index (χ1) is 15.1. The van der Waals surface area contributed by atoms with Crippen molar-refractivity contribution in [2.45, 2.75) is 38.8 Å². The number of benzene rings is 1. The van der Waals surface area contributed by atoms with Crippen LogP contribution in [0.15, 0.2) is 41.7 Å². The van der Waals surface area contributed by atoms with Gasteiger partial charge in [-0.3, -0.25) is 9.48 Å². The Balaban J connectivity index is 1.42. The van der Waals surface area contributed by atoms with Crippen LogP contribution in [-0.2, 0) is 23.1 Å². The summed E-state index contributed by atoms with van der Waals surface area (Å²) in [7, 11) is 1.92. The third-order valence-corrected chi connectivity index (χ3v) is 5.78. The molecule has 2 aliphatic rings. The molecule has 8 heteroatoms. The number of ether oxygens (including phenoxy) is 1. The molecule has 8 nitrogen and oxygen atoms in total. The number of nitrogens with zero attached hydrogens (tertiary/aromatic N) is 5. The Labute approximate surface area is 183 Å². The molecular formula is C23H32N6O2. The molecule has 2 fully saturated rings. The fraction of sp³-hybridized carbons (Fsp3) is 0.522. The summed E-state index contributed by atoms with van der Waals surface area (Å²) in [5, 5.41) is 7.68. The average Bonchev–Trinajstić information content (AvgIpc) is 3.24. The molecule has 2 aliphatic heterocycles. The first-order valence-corrected chi connectivity index (χ1v) is 11.2. The Morgan fingerprint density at radius 2 is 2.10 bits per heavy atom. The fourth-order valence-corrected chi connectivity index (χ4v) is 4.10. The van der Waals surface area contributed by atoms with Crippen LogP contribution in [0.1, 0.15) is 43.4 Å². The van der Waals surface area contributed by atoms with Gasteiger partial charge in [0.2, 0.25) is 5.91 Å². The van der Waals surface area contributed by atoms with Gasteiger partial charge in [0.25, 0.3) is 0 Å². The summed E-state index contributed by atoms with van der Waals surface area (Å²) >= 11 is 0. The molecule has 3 heterocycles. The van der Waals surface area contributed by atoms with Gasteiger partial charge in [0.05, 0.1) is 25.9 Å². The Kier molecular flexibility index (Phi) is 6.86. The highest BCUT2D eigenvalue weighted by Gasteiger charge is 2.25. The lowest BCUT2D eigenvalue weighted by atomic mass is 10.1. The maximum Gasteiger partial charge on any atom is 0.226 e. The van der Waals surface area contributed by atoms with Gasteiger partial charge in [-0.25, -0.2) is 4.99 Å². The van der Waals surface area contributed by atoms with Crippen LogP contribution >= 0.6 is 0 Å². The highest BCUT2D eigenvalue weighted by atomic mass is 16.5. The number of rotatable bonds is 5. The first kappa shape index (κ1) is 21.4. The van der Waals surface area contributed by atoms with Crippen LogP contribution in [0.5, 0.6) is 0 Å². The molecule has 1 aromatic carbocycles. The molecule has 2 aromatic rings. The zero-order chi connectivity index (χ0) is 21.6. The number of aromatic nitrogens is 2. The number of piperidine rings is 1. The summed E-state index contributed by atoms with van der Waals surface area (Å²) in [6.07, 6.45) is 6.59. The quantitative estimate of drug-likeness (QED) is 0.590. The van der Waals surface area contributed by atoms with Crippen molar-refractivity contribution in [3.05, 3.63) is 47.8 Å². The highest BCUT2D eigenvalue weighted by Crippen LogP contribution is 2.23. The fourth-order valence-electron chi connectivity index (χ4n) is 4.10. The van der Waals surface area contributed by atoms with Crippen molar-refractivity contribution in [2.24, 2.45) is 12.0 Å². The molecule has 1 aromatic heterocycles. The number of aryl methyl sites for hydroxylation is 1. The van der Waals surface area contributed by atoms with Gasteiger partial charge in [-0.2, -0.15) is 5.10 Å². The molecule has 0 radical (unpaired) electrons. The van der Waals surface area contributed by atoms with E-state index in [1.165, 1.54) is 0 Å². The summed E-state index contributed by atoms with van der Waals surface area (Å²) in [5.74, 6) is 1.12. The summed E-state index contributed by atoms with van der Waals surface area (Å²) in [6.45, 7) is 6.50. The predicted octanol–water partition coefficient (Wildman–Crippen LogP) is 2.48. The van der Waals surface area contributed by atoms with Crippen LogP contribution in [0.3, 0.4) is 0 Å². The minimum Gasteiger partial charge on any atom is -0.370 e. The zero-order valence-electron chi connectivity index (χ0n) is 18.5. The molecule has 1 amide bonds. The minimum atomic E-state index is -0.00679. The van der Waals surface area contributed by atoms with Gasteiger partial charge in [-0.05, 0) is 37.5 Å². The SMILES string of the molecule is CCNC(=NCc1ccc(N2CCCCC2=O)cc1)N1CCOC(c2cnn(C)c2)C1. The van der Waals surface area contributed by atoms with Crippen molar-refractivity contribution < 1.29 is 9.53 Å². The molecule has 166 valence electrons. The van der Waals surface area contributed by atoms with Gasteiger partial charge in [-0.15, -0.1) is 0 Å². The predicted molar refractivity (Wildman–Crippen MR) is 121 cm³/mol. The summed E-state index contributed by atoms with van der Waals surface area (Å²) in [6, 6.07) is 8.21. The van der Waals surface area contributed by atoms with E-state index in [0.717, 1.165) is 61.8 Å². The molecular weight excluding hydrogens is 392 g/mol. The third kappa shape index (κ3) is 5.25. The number of guanidine groups is 1. The normalized spacial score (nSPS) is 20.3. The molecule has 1 unspecified atom stereocenters. The zero-order valence-corrected chi connectivity index (χ0v) is 18.5. The van der Waals surface area contributed by atoms with Crippen LogP contribution in [0.4, 0.5) is 5.69 Å². The Bertz CT molecular complexity index is 907. The molecule has 0 spiro atoms. The van der Waals surface area contributed by atoms with E-state index in [4.69, 9.17) is 9.73 Å². The second-order valence-electron chi connectivity index (χ2n) is 8.09. The Morgan fingerprint density at radius 3 is 2.81 bits per heavy atom. The smallest absolute Gasteiger partial charge is 0.226 e. The van der Waals surface area contributed by atoms with E-state index < -0.39 is 0 Å². The maximum absolute atomic E-state index is 12.1. The van der Waals surface area contributed by atoms with Gasteiger partial charge < -0.3 is 19.9 Å². The summed E-state index contributed by atoms with van der Waals surface area (Å²) in [5.41, 5.74) is 3.20. The molecule has 4 rings (SSSR count). The van der Waals surface area contributed by atoms with Crippen LogP contribution in [0.25, 0.3) is 0 Å². The highest BCUT2D eigenvalue weighted by molar-refractivity contribution is 5.93. The molecule has 0 saturated carbocycles. The lowest BCUT2D eigenvalue weighted by Gasteiger charge is -2.34. The lowest BCUT2D eigenvalue weighted by Crippen LogP contribution is -2.48. The van der Waals surface area contributed by atoms with E-state index in [-0.39, 0.29) is 12.0 Å². The minimum absolute atomic E-state index is 0.00679. The maximum atomic E-state index is 12.1. The average molecular weight is 425 g/mol. The van der Waals surface area contributed by atoms with E-state index >= 15 is 0 Å². The van der Waals surface area contributed by atoms with Gasteiger partial charge in [0, 0.05) is 50.6 Å².